The molecule has 6 heteroatoms. The van der Waals surface area contributed by atoms with E-state index in [2.05, 4.69) is 14.3 Å². The van der Waals surface area contributed by atoms with Crippen molar-refractivity contribution < 1.29 is 5.11 Å². The smallest absolute Gasteiger partial charge is 0.176 e. The number of aryl methyl sites for hydroxylation is 1. The van der Waals surface area contributed by atoms with Crippen LogP contribution in [0.5, 0.6) is 0 Å². The van der Waals surface area contributed by atoms with E-state index < -0.39 is 6.10 Å². The van der Waals surface area contributed by atoms with E-state index in [4.69, 9.17) is 0 Å². The maximum absolute atomic E-state index is 9.34. The number of nitrogens with zero attached hydrogens (tertiary/aromatic N) is 3. The SMILES string of the molecule is Cc1nsc(Sc2ccc(C(C)O)cn2)n1. The first-order valence-corrected chi connectivity index (χ1v) is 6.36. The Balaban J connectivity index is 2.11. The monoisotopic (exact) mass is 253 g/mol. The van der Waals surface area contributed by atoms with Crippen LogP contribution in [-0.4, -0.2) is 19.4 Å². The molecule has 0 amide bonds. The van der Waals surface area contributed by atoms with E-state index in [0.29, 0.717) is 0 Å². The number of rotatable bonds is 3. The van der Waals surface area contributed by atoms with Crippen LogP contribution in [0.1, 0.15) is 24.4 Å². The first-order valence-electron chi connectivity index (χ1n) is 4.77. The molecule has 2 rings (SSSR count). The lowest BCUT2D eigenvalue weighted by Crippen LogP contribution is -1.91. The van der Waals surface area contributed by atoms with Gasteiger partial charge in [0.15, 0.2) is 4.34 Å². The Bertz CT molecular complexity index is 467. The van der Waals surface area contributed by atoms with Crippen molar-refractivity contribution in [3.8, 4) is 0 Å². The number of hydrogen-bond acceptors (Lipinski definition) is 6. The predicted octanol–water partition coefficient (Wildman–Crippen LogP) is 2.45. The zero-order chi connectivity index (χ0) is 11.5. The minimum absolute atomic E-state index is 0.477. The van der Waals surface area contributed by atoms with Gasteiger partial charge in [0, 0.05) is 6.20 Å². The van der Waals surface area contributed by atoms with Crippen LogP contribution in [0.4, 0.5) is 0 Å². The van der Waals surface area contributed by atoms with Gasteiger partial charge in [0.25, 0.3) is 0 Å². The third-order valence-corrected chi connectivity index (χ3v) is 3.74. The quantitative estimate of drug-likeness (QED) is 0.910. The van der Waals surface area contributed by atoms with Crippen molar-refractivity contribution in [2.24, 2.45) is 0 Å². The lowest BCUT2D eigenvalue weighted by molar-refractivity contribution is 0.198. The van der Waals surface area contributed by atoms with Gasteiger partial charge < -0.3 is 5.11 Å². The maximum Gasteiger partial charge on any atom is 0.176 e. The van der Waals surface area contributed by atoms with Crippen molar-refractivity contribution in [2.75, 3.05) is 0 Å². The largest absolute Gasteiger partial charge is 0.389 e. The Morgan fingerprint density at radius 3 is 2.75 bits per heavy atom. The van der Waals surface area contributed by atoms with Crippen LogP contribution in [0, 0.1) is 6.92 Å². The van der Waals surface area contributed by atoms with E-state index in [1.54, 1.807) is 13.1 Å². The van der Waals surface area contributed by atoms with Crippen LogP contribution >= 0.6 is 23.3 Å². The highest BCUT2D eigenvalue weighted by Crippen LogP contribution is 2.27. The van der Waals surface area contributed by atoms with Gasteiger partial charge in [-0.3, -0.25) is 0 Å². The van der Waals surface area contributed by atoms with Crippen molar-refractivity contribution in [3.05, 3.63) is 29.7 Å². The molecule has 0 spiro atoms. The minimum atomic E-state index is -0.477. The van der Waals surface area contributed by atoms with Crippen molar-refractivity contribution in [1.82, 2.24) is 14.3 Å². The summed E-state index contributed by atoms with van der Waals surface area (Å²) in [5.41, 5.74) is 0.817. The Morgan fingerprint density at radius 2 is 2.25 bits per heavy atom. The molecule has 0 radical (unpaired) electrons. The molecule has 0 bridgehead atoms. The fraction of sp³-hybridized carbons (Fsp3) is 0.300. The van der Waals surface area contributed by atoms with Gasteiger partial charge in [-0.25, -0.2) is 9.97 Å². The number of hydrogen-bond donors (Lipinski definition) is 1. The van der Waals surface area contributed by atoms with E-state index in [1.807, 2.05) is 19.1 Å². The number of aromatic nitrogens is 3. The molecule has 16 heavy (non-hydrogen) atoms. The summed E-state index contributed by atoms with van der Waals surface area (Å²) in [7, 11) is 0. The normalized spacial score (nSPS) is 12.7. The third kappa shape index (κ3) is 2.78. The second-order valence-corrected chi connectivity index (χ2v) is 5.33. The lowest BCUT2D eigenvalue weighted by atomic mass is 10.2. The number of aliphatic hydroxyl groups excluding tert-OH is 1. The van der Waals surface area contributed by atoms with Crippen LogP contribution in [0.2, 0.25) is 0 Å². The Kier molecular flexibility index (Phi) is 3.52. The maximum atomic E-state index is 9.34. The molecule has 2 aromatic heterocycles. The summed E-state index contributed by atoms with van der Waals surface area (Å²) in [5, 5.41) is 10.2. The van der Waals surface area contributed by atoms with Gasteiger partial charge in [-0.1, -0.05) is 6.07 Å². The predicted molar refractivity (Wildman–Crippen MR) is 63.6 cm³/mol. The van der Waals surface area contributed by atoms with Crippen molar-refractivity contribution in [1.29, 1.82) is 0 Å². The molecule has 0 aliphatic carbocycles. The molecular formula is C10H11N3OS2. The molecular weight excluding hydrogens is 242 g/mol. The first-order chi connectivity index (χ1) is 7.65. The number of pyridine rings is 1. The van der Waals surface area contributed by atoms with Gasteiger partial charge in [0.1, 0.15) is 10.9 Å². The molecule has 1 N–H and O–H groups in total. The van der Waals surface area contributed by atoms with Crippen LogP contribution < -0.4 is 0 Å². The summed E-state index contributed by atoms with van der Waals surface area (Å²) in [6, 6.07) is 3.75. The molecule has 0 saturated carbocycles. The van der Waals surface area contributed by atoms with E-state index in [0.717, 1.165) is 20.8 Å². The fourth-order valence-electron chi connectivity index (χ4n) is 1.11. The molecule has 4 nitrogen and oxygen atoms in total. The van der Waals surface area contributed by atoms with Gasteiger partial charge in [-0.15, -0.1) is 0 Å². The summed E-state index contributed by atoms with van der Waals surface area (Å²) in [5.74, 6) is 0.785. The van der Waals surface area contributed by atoms with Crippen molar-refractivity contribution in [3.63, 3.8) is 0 Å². The first kappa shape index (κ1) is 11.5. The van der Waals surface area contributed by atoms with Crippen molar-refractivity contribution in [2.45, 2.75) is 29.3 Å². The van der Waals surface area contributed by atoms with Crippen LogP contribution in [0.15, 0.2) is 27.7 Å². The second kappa shape index (κ2) is 4.90. The highest BCUT2D eigenvalue weighted by Gasteiger charge is 2.05. The topological polar surface area (TPSA) is 58.9 Å². The molecule has 0 aliphatic heterocycles. The average molecular weight is 253 g/mol. The fourth-order valence-corrected chi connectivity index (χ4v) is 2.65. The molecule has 1 atom stereocenters. The molecule has 2 aromatic rings. The van der Waals surface area contributed by atoms with E-state index >= 15 is 0 Å². The van der Waals surface area contributed by atoms with Gasteiger partial charge in [-0.2, -0.15) is 4.37 Å². The van der Waals surface area contributed by atoms with Gasteiger partial charge >= 0.3 is 0 Å². The third-order valence-electron chi connectivity index (χ3n) is 1.94. The highest BCUT2D eigenvalue weighted by molar-refractivity contribution is 8.00. The second-order valence-electron chi connectivity index (χ2n) is 3.32. The lowest BCUT2D eigenvalue weighted by Gasteiger charge is -2.03. The minimum Gasteiger partial charge on any atom is -0.389 e. The summed E-state index contributed by atoms with van der Waals surface area (Å²) < 4.78 is 4.98. The summed E-state index contributed by atoms with van der Waals surface area (Å²) in [6.07, 6.45) is 1.20. The van der Waals surface area contributed by atoms with Crippen LogP contribution in [0.25, 0.3) is 0 Å². The Morgan fingerprint density at radius 1 is 1.44 bits per heavy atom. The number of aliphatic hydroxyl groups is 1. The summed E-state index contributed by atoms with van der Waals surface area (Å²) >= 11 is 2.85. The van der Waals surface area contributed by atoms with Crippen LogP contribution in [-0.2, 0) is 0 Å². The molecule has 0 aromatic carbocycles. The Hall–Kier alpha value is -0.980. The van der Waals surface area contributed by atoms with E-state index in [1.165, 1.54) is 23.3 Å². The van der Waals surface area contributed by atoms with E-state index in [9.17, 15) is 5.11 Å². The van der Waals surface area contributed by atoms with E-state index in [-0.39, 0.29) is 0 Å². The average Bonchev–Trinajstić information content (AvgIpc) is 2.65. The molecule has 0 aliphatic rings. The van der Waals surface area contributed by atoms with Crippen molar-refractivity contribution >= 4 is 23.3 Å². The standard InChI is InChI=1S/C10H11N3OS2/c1-6(14)8-3-4-9(11-5-8)15-10-12-7(2)13-16-10/h3-6,14H,1-2H3. The van der Waals surface area contributed by atoms with Gasteiger partial charge in [0.05, 0.1) is 6.10 Å². The molecule has 84 valence electrons. The molecule has 1 unspecified atom stereocenters. The summed E-state index contributed by atoms with van der Waals surface area (Å²) in [4.78, 5) is 8.49. The molecule has 2 heterocycles. The molecule has 0 saturated heterocycles. The summed E-state index contributed by atoms with van der Waals surface area (Å²) in [6.45, 7) is 3.59. The van der Waals surface area contributed by atoms with Crippen LogP contribution in [0.3, 0.4) is 0 Å². The zero-order valence-electron chi connectivity index (χ0n) is 8.91. The highest BCUT2D eigenvalue weighted by atomic mass is 32.2. The Labute approximate surface area is 102 Å². The molecule has 0 fully saturated rings. The van der Waals surface area contributed by atoms with Gasteiger partial charge in [0.2, 0.25) is 0 Å². The van der Waals surface area contributed by atoms with Gasteiger partial charge in [-0.05, 0) is 48.8 Å². The zero-order valence-corrected chi connectivity index (χ0v) is 10.5.